The van der Waals surface area contributed by atoms with E-state index in [1.807, 2.05) is 30.3 Å². The lowest BCUT2D eigenvalue weighted by molar-refractivity contribution is -0.124. The molecule has 5 N–H and O–H groups in total. The second-order valence-electron chi connectivity index (χ2n) is 12.0. The summed E-state index contributed by atoms with van der Waals surface area (Å²) in [5.74, 6) is 5.37. The van der Waals surface area contributed by atoms with Crippen LogP contribution in [0.25, 0.3) is 0 Å². The first-order chi connectivity index (χ1) is 20.7. The van der Waals surface area contributed by atoms with Gasteiger partial charge in [0.2, 0.25) is 0 Å². The molecule has 7 heteroatoms. The molecule has 0 aliphatic heterocycles. The summed E-state index contributed by atoms with van der Waals surface area (Å²) in [7, 11) is 1.48. The number of ketones is 1. The highest BCUT2D eigenvalue weighted by atomic mass is 16.5. The van der Waals surface area contributed by atoms with Crippen molar-refractivity contribution >= 4 is 5.78 Å². The lowest BCUT2D eigenvalue weighted by Crippen LogP contribution is -2.52. The third-order valence-corrected chi connectivity index (χ3v) is 9.46. The minimum absolute atomic E-state index is 0.0120. The predicted molar refractivity (Wildman–Crippen MR) is 163 cm³/mol. The third-order valence-electron chi connectivity index (χ3n) is 9.46. The molecule has 0 saturated heterocycles. The average molecular weight is 585 g/mol. The SMILES string of the molecule is COc1cc(C2CC(=O)CC(O)C(C3(c4ccc(O)c(O)c4)CCCCC3O)CC#CC2Cc2ccccc2)ccc1O. The van der Waals surface area contributed by atoms with Crippen molar-refractivity contribution in [2.45, 2.75) is 74.9 Å². The van der Waals surface area contributed by atoms with Crippen LogP contribution in [0.2, 0.25) is 0 Å². The molecule has 0 bridgehead atoms. The second kappa shape index (κ2) is 13.1. The largest absolute Gasteiger partial charge is 0.504 e. The molecular weight excluding hydrogens is 544 g/mol. The quantitative estimate of drug-likeness (QED) is 0.195. The number of aromatic hydroxyl groups is 3. The Kier molecular flexibility index (Phi) is 9.29. The number of hydrogen-bond donors (Lipinski definition) is 5. The van der Waals surface area contributed by atoms with Crippen molar-refractivity contribution in [2.75, 3.05) is 7.11 Å². The first kappa shape index (κ1) is 30.5. The number of methoxy groups -OCH3 is 1. The van der Waals surface area contributed by atoms with E-state index >= 15 is 0 Å². The van der Waals surface area contributed by atoms with Crippen molar-refractivity contribution in [3.05, 3.63) is 83.4 Å². The Morgan fingerprint density at radius 3 is 2.40 bits per heavy atom. The monoisotopic (exact) mass is 584 g/mol. The summed E-state index contributed by atoms with van der Waals surface area (Å²) in [4.78, 5) is 13.7. The molecule has 6 unspecified atom stereocenters. The molecule has 0 spiro atoms. The van der Waals surface area contributed by atoms with Crippen LogP contribution in [-0.2, 0) is 16.6 Å². The Morgan fingerprint density at radius 2 is 1.67 bits per heavy atom. The maximum absolute atomic E-state index is 13.7. The highest BCUT2D eigenvalue weighted by Gasteiger charge is 2.50. The first-order valence-corrected chi connectivity index (χ1v) is 15.0. The number of carbonyl (C=O) groups excluding carboxylic acids is 1. The van der Waals surface area contributed by atoms with Crippen molar-refractivity contribution in [3.63, 3.8) is 0 Å². The molecule has 1 saturated carbocycles. The van der Waals surface area contributed by atoms with Gasteiger partial charge in [0.05, 0.1) is 19.3 Å². The van der Waals surface area contributed by atoms with Gasteiger partial charge in [0, 0.05) is 42.4 Å². The van der Waals surface area contributed by atoms with Gasteiger partial charge in [-0.3, -0.25) is 4.79 Å². The van der Waals surface area contributed by atoms with Gasteiger partial charge in [-0.2, -0.15) is 0 Å². The minimum atomic E-state index is -1.08. The van der Waals surface area contributed by atoms with E-state index in [0.29, 0.717) is 30.6 Å². The zero-order valence-corrected chi connectivity index (χ0v) is 24.4. The van der Waals surface area contributed by atoms with Gasteiger partial charge in [-0.25, -0.2) is 0 Å². The zero-order chi connectivity index (χ0) is 30.6. The maximum Gasteiger partial charge on any atom is 0.160 e. The maximum atomic E-state index is 13.7. The third kappa shape index (κ3) is 6.36. The summed E-state index contributed by atoms with van der Waals surface area (Å²) in [5.41, 5.74) is 1.58. The van der Waals surface area contributed by atoms with Crippen molar-refractivity contribution in [1.82, 2.24) is 0 Å². The highest BCUT2D eigenvalue weighted by molar-refractivity contribution is 5.80. The Hall–Kier alpha value is -3.99. The van der Waals surface area contributed by atoms with Gasteiger partial charge >= 0.3 is 0 Å². The molecule has 226 valence electrons. The Bertz CT molecular complexity index is 1490. The lowest BCUT2D eigenvalue weighted by atomic mass is 9.57. The molecule has 43 heavy (non-hydrogen) atoms. The van der Waals surface area contributed by atoms with E-state index in [2.05, 4.69) is 11.8 Å². The van der Waals surface area contributed by atoms with Crippen LogP contribution in [-0.4, -0.2) is 50.6 Å². The molecule has 0 aromatic heterocycles. The number of carbonyl (C=O) groups is 1. The molecule has 0 heterocycles. The molecular formula is C36H40O7. The van der Waals surface area contributed by atoms with Gasteiger partial charge in [0.1, 0.15) is 5.78 Å². The normalized spacial score (nSPS) is 28.0. The van der Waals surface area contributed by atoms with Crippen LogP contribution in [0.4, 0.5) is 0 Å². The minimum Gasteiger partial charge on any atom is -0.504 e. The number of phenolic OH excluding ortho intramolecular Hbond substituents is 3. The van der Waals surface area contributed by atoms with Crippen molar-refractivity contribution in [3.8, 4) is 34.8 Å². The van der Waals surface area contributed by atoms with Crippen molar-refractivity contribution in [2.24, 2.45) is 11.8 Å². The molecule has 0 amide bonds. The molecule has 7 nitrogen and oxygen atoms in total. The number of ether oxygens (including phenoxy) is 1. The summed E-state index contributed by atoms with van der Waals surface area (Å²) in [6.45, 7) is 0. The van der Waals surface area contributed by atoms with Crippen LogP contribution in [0.15, 0.2) is 66.7 Å². The Balaban J connectivity index is 1.59. The number of benzene rings is 3. The van der Waals surface area contributed by atoms with E-state index in [9.17, 15) is 30.3 Å². The highest BCUT2D eigenvalue weighted by Crippen LogP contribution is 2.50. The molecule has 2 aliphatic carbocycles. The molecule has 6 atom stereocenters. The average Bonchev–Trinajstić information content (AvgIpc) is 3.00. The summed E-state index contributed by atoms with van der Waals surface area (Å²) in [6, 6.07) is 19.7. The summed E-state index contributed by atoms with van der Waals surface area (Å²) in [5, 5.41) is 53.9. The number of phenols is 3. The summed E-state index contributed by atoms with van der Waals surface area (Å²) >= 11 is 0. The van der Waals surface area contributed by atoms with E-state index in [0.717, 1.165) is 24.0 Å². The van der Waals surface area contributed by atoms with Gasteiger partial charge in [-0.05, 0) is 60.2 Å². The van der Waals surface area contributed by atoms with E-state index in [4.69, 9.17) is 4.74 Å². The van der Waals surface area contributed by atoms with Crippen LogP contribution in [0.1, 0.15) is 67.6 Å². The zero-order valence-electron chi connectivity index (χ0n) is 24.4. The fourth-order valence-electron chi connectivity index (χ4n) is 7.22. The Labute approximate surface area is 252 Å². The van der Waals surface area contributed by atoms with Gasteiger partial charge in [0.15, 0.2) is 23.0 Å². The van der Waals surface area contributed by atoms with Gasteiger partial charge in [-0.1, -0.05) is 61.2 Å². The summed E-state index contributed by atoms with van der Waals surface area (Å²) in [6.07, 6.45) is 1.70. The molecule has 5 rings (SSSR count). The first-order valence-electron chi connectivity index (χ1n) is 15.0. The molecule has 3 aromatic rings. The van der Waals surface area contributed by atoms with Crippen LogP contribution < -0.4 is 4.74 Å². The van der Waals surface area contributed by atoms with E-state index in [1.54, 1.807) is 24.3 Å². The smallest absolute Gasteiger partial charge is 0.160 e. The van der Waals surface area contributed by atoms with E-state index < -0.39 is 23.5 Å². The van der Waals surface area contributed by atoms with Crippen LogP contribution >= 0.6 is 0 Å². The van der Waals surface area contributed by atoms with Gasteiger partial charge in [-0.15, -0.1) is 5.92 Å². The Morgan fingerprint density at radius 1 is 0.907 bits per heavy atom. The van der Waals surface area contributed by atoms with Crippen LogP contribution in [0.5, 0.6) is 23.0 Å². The van der Waals surface area contributed by atoms with E-state index in [1.165, 1.54) is 19.2 Å². The fraction of sp³-hybridized carbons (Fsp3) is 0.417. The van der Waals surface area contributed by atoms with Crippen LogP contribution in [0.3, 0.4) is 0 Å². The topological polar surface area (TPSA) is 127 Å². The number of hydrogen-bond acceptors (Lipinski definition) is 7. The predicted octanol–water partition coefficient (Wildman–Crippen LogP) is 5.36. The van der Waals surface area contributed by atoms with E-state index in [-0.39, 0.29) is 54.1 Å². The standard InChI is InChI=1S/C36H40O7/c1-43-34-19-25(13-15-31(34)39)28-21-27(37)22-32(40)29(11-7-10-24(28)18-23-8-3-2-4-9-23)36(17-6-5-12-35(36)42)26-14-16-30(38)33(41)20-26/h2-4,8-9,13-16,19-20,24,28-29,32,35,38-42H,5-6,11-12,17-18,21-22H2,1H3. The lowest BCUT2D eigenvalue weighted by Gasteiger charge is -2.49. The fourth-order valence-corrected chi connectivity index (χ4v) is 7.22. The second-order valence-corrected chi connectivity index (χ2v) is 12.0. The number of rotatable bonds is 6. The van der Waals surface area contributed by atoms with Gasteiger partial charge < -0.3 is 30.3 Å². The number of aliphatic hydroxyl groups is 2. The number of aliphatic hydroxyl groups excluding tert-OH is 2. The van der Waals surface area contributed by atoms with Gasteiger partial charge in [0.25, 0.3) is 0 Å². The van der Waals surface area contributed by atoms with Crippen LogP contribution in [0, 0.1) is 23.7 Å². The van der Waals surface area contributed by atoms with Crippen molar-refractivity contribution < 1.29 is 35.1 Å². The number of Topliss-reactive ketones (excluding diaryl/α,β-unsaturated/α-hetero) is 1. The summed E-state index contributed by atoms with van der Waals surface area (Å²) < 4.78 is 5.37. The molecule has 3 aromatic carbocycles. The molecule has 0 radical (unpaired) electrons. The molecule has 1 fully saturated rings. The molecule has 2 aliphatic rings. The van der Waals surface area contributed by atoms with Crippen molar-refractivity contribution in [1.29, 1.82) is 0 Å².